The number of nitrogens with two attached hydrogens (primary N) is 1. The average molecular weight is 248 g/mol. The van der Waals surface area contributed by atoms with E-state index in [0.717, 1.165) is 25.3 Å². The van der Waals surface area contributed by atoms with Crippen molar-refractivity contribution in [3.63, 3.8) is 0 Å². The molecule has 0 aromatic heterocycles. The Balaban J connectivity index is 2.13. The van der Waals surface area contributed by atoms with Crippen LogP contribution in [0.25, 0.3) is 0 Å². The van der Waals surface area contributed by atoms with Crippen molar-refractivity contribution in [1.82, 2.24) is 4.90 Å². The Kier molecular flexibility index (Phi) is 4.25. The van der Waals surface area contributed by atoms with E-state index in [-0.39, 0.29) is 6.10 Å². The second kappa shape index (κ2) is 5.72. The molecule has 0 aliphatic carbocycles. The molecule has 100 valence electrons. The lowest BCUT2D eigenvalue weighted by atomic mass is 10.00. The van der Waals surface area contributed by atoms with Crippen LogP contribution in [0.2, 0.25) is 0 Å². The predicted molar refractivity (Wildman–Crippen MR) is 74.7 cm³/mol. The van der Waals surface area contributed by atoms with Gasteiger partial charge in [0.25, 0.3) is 0 Å². The fraction of sp³-hybridized carbons (Fsp3) is 0.600. The first kappa shape index (κ1) is 13.4. The number of ether oxygens (including phenoxy) is 1. The third-order valence-corrected chi connectivity index (χ3v) is 3.58. The summed E-state index contributed by atoms with van der Waals surface area (Å²) in [6, 6.07) is 8.94. The van der Waals surface area contributed by atoms with E-state index in [1.807, 2.05) is 6.07 Å². The zero-order chi connectivity index (χ0) is 13.1. The molecule has 2 unspecified atom stereocenters. The average Bonchev–Trinajstić information content (AvgIpc) is 2.70. The van der Waals surface area contributed by atoms with Gasteiger partial charge in [-0.1, -0.05) is 12.1 Å². The number of likely N-dealkylation sites (tertiary alicyclic amines) is 1. The Morgan fingerprint density at radius 3 is 2.83 bits per heavy atom. The second-order valence-electron chi connectivity index (χ2n) is 5.53. The van der Waals surface area contributed by atoms with Gasteiger partial charge in [-0.2, -0.15) is 0 Å². The number of nitrogens with zero attached hydrogens (tertiary/aromatic N) is 1. The Bertz CT molecular complexity index is 392. The van der Waals surface area contributed by atoms with E-state index < -0.39 is 0 Å². The first-order valence-electron chi connectivity index (χ1n) is 6.77. The van der Waals surface area contributed by atoms with Gasteiger partial charge < -0.3 is 10.5 Å². The van der Waals surface area contributed by atoms with Crippen LogP contribution in [-0.4, -0.2) is 31.1 Å². The molecule has 0 bridgehead atoms. The topological polar surface area (TPSA) is 38.5 Å². The molecule has 18 heavy (non-hydrogen) atoms. The molecule has 1 aromatic carbocycles. The van der Waals surface area contributed by atoms with Crippen LogP contribution in [0.4, 0.5) is 0 Å². The zero-order valence-corrected chi connectivity index (χ0v) is 11.6. The molecule has 0 spiro atoms. The molecule has 1 heterocycles. The Hall–Kier alpha value is -1.06. The van der Waals surface area contributed by atoms with E-state index in [9.17, 15) is 0 Å². The predicted octanol–water partition coefficient (Wildman–Crippen LogP) is 2.43. The summed E-state index contributed by atoms with van der Waals surface area (Å²) in [4.78, 5) is 2.39. The second-order valence-corrected chi connectivity index (χ2v) is 5.53. The van der Waals surface area contributed by atoms with E-state index in [1.54, 1.807) is 0 Å². The van der Waals surface area contributed by atoms with Gasteiger partial charge in [0.05, 0.1) is 6.10 Å². The summed E-state index contributed by atoms with van der Waals surface area (Å²) in [5.41, 5.74) is 7.12. The van der Waals surface area contributed by atoms with Gasteiger partial charge in [-0.25, -0.2) is 0 Å². The van der Waals surface area contributed by atoms with Crippen molar-refractivity contribution in [1.29, 1.82) is 0 Å². The van der Waals surface area contributed by atoms with Crippen LogP contribution in [0.1, 0.15) is 31.9 Å². The Morgan fingerprint density at radius 2 is 2.22 bits per heavy atom. The minimum Gasteiger partial charge on any atom is -0.491 e. The summed E-state index contributed by atoms with van der Waals surface area (Å²) in [7, 11) is 2.18. The summed E-state index contributed by atoms with van der Waals surface area (Å²) in [5.74, 6) is 1.58. The third-order valence-electron chi connectivity index (χ3n) is 3.58. The first-order chi connectivity index (χ1) is 8.60. The van der Waals surface area contributed by atoms with Crippen LogP contribution in [0.5, 0.6) is 5.75 Å². The molecule has 2 N–H and O–H groups in total. The monoisotopic (exact) mass is 248 g/mol. The Labute approximate surface area is 110 Å². The van der Waals surface area contributed by atoms with Gasteiger partial charge in [-0.15, -0.1) is 0 Å². The fourth-order valence-corrected chi connectivity index (χ4v) is 2.73. The van der Waals surface area contributed by atoms with Gasteiger partial charge in [0.15, 0.2) is 0 Å². The molecule has 3 nitrogen and oxygen atoms in total. The minimum absolute atomic E-state index is 0.221. The van der Waals surface area contributed by atoms with Gasteiger partial charge in [0, 0.05) is 12.6 Å². The maximum atomic E-state index is 5.78. The lowest BCUT2D eigenvalue weighted by Crippen LogP contribution is -2.20. The van der Waals surface area contributed by atoms with Crippen molar-refractivity contribution in [3.05, 3.63) is 29.8 Å². The normalized spacial score (nSPS) is 24.7. The highest BCUT2D eigenvalue weighted by Crippen LogP contribution is 2.34. The molecule has 1 aliphatic rings. The van der Waals surface area contributed by atoms with Gasteiger partial charge in [0.1, 0.15) is 5.75 Å². The number of hydrogen-bond acceptors (Lipinski definition) is 3. The lowest BCUT2D eigenvalue weighted by molar-refractivity contribution is 0.241. The highest BCUT2D eigenvalue weighted by atomic mass is 16.5. The quantitative estimate of drug-likeness (QED) is 0.889. The fourth-order valence-electron chi connectivity index (χ4n) is 2.73. The summed E-state index contributed by atoms with van der Waals surface area (Å²) < 4.78 is 5.76. The number of rotatable bonds is 4. The minimum atomic E-state index is 0.221. The summed E-state index contributed by atoms with van der Waals surface area (Å²) in [5, 5.41) is 0. The molecule has 1 fully saturated rings. The van der Waals surface area contributed by atoms with Crippen molar-refractivity contribution < 1.29 is 4.74 Å². The number of benzene rings is 1. The largest absolute Gasteiger partial charge is 0.491 e. The van der Waals surface area contributed by atoms with Crippen molar-refractivity contribution in [2.24, 2.45) is 11.7 Å². The lowest BCUT2D eigenvalue weighted by Gasteiger charge is -2.20. The summed E-state index contributed by atoms with van der Waals surface area (Å²) in [6.07, 6.45) is 1.37. The van der Waals surface area contributed by atoms with Crippen LogP contribution < -0.4 is 10.5 Å². The molecule has 3 heteroatoms. The molecule has 0 radical (unpaired) electrons. The van der Waals surface area contributed by atoms with Crippen LogP contribution in [0.3, 0.4) is 0 Å². The zero-order valence-electron chi connectivity index (χ0n) is 11.6. The van der Waals surface area contributed by atoms with Crippen molar-refractivity contribution in [3.8, 4) is 5.75 Å². The van der Waals surface area contributed by atoms with E-state index in [2.05, 4.69) is 44.0 Å². The van der Waals surface area contributed by atoms with Crippen molar-refractivity contribution >= 4 is 0 Å². The summed E-state index contributed by atoms with van der Waals surface area (Å²) in [6.45, 7) is 5.98. The highest BCUT2D eigenvalue weighted by molar-refractivity contribution is 5.31. The summed E-state index contributed by atoms with van der Waals surface area (Å²) >= 11 is 0. The molecule has 2 rings (SSSR count). The molecule has 1 saturated heterocycles. The molecular formula is C15H24N2O. The van der Waals surface area contributed by atoms with E-state index in [4.69, 9.17) is 10.5 Å². The van der Waals surface area contributed by atoms with E-state index >= 15 is 0 Å². The van der Waals surface area contributed by atoms with Crippen LogP contribution in [0.15, 0.2) is 24.3 Å². The van der Waals surface area contributed by atoms with Crippen LogP contribution >= 0.6 is 0 Å². The van der Waals surface area contributed by atoms with E-state index in [0.29, 0.717) is 12.0 Å². The van der Waals surface area contributed by atoms with Crippen LogP contribution in [0, 0.1) is 5.92 Å². The maximum Gasteiger partial charge on any atom is 0.120 e. The van der Waals surface area contributed by atoms with Crippen molar-refractivity contribution in [2.45, 2.75) is 32.4 Å². The van der Waals surface area contributed by atoms with Crippen molar-refractivity contribution in [2.75, 3.05) is 20.1 Å². The molecule has 0 amide bonds. The smallest absolute Gasteiger partial charge is 0.120 e. The van der Waals surface area contributed by atoms with Gasteiger partial charge in [-0.05, 0) is 57.5 Å². The highest BCUT2D eigenvalue weighted by Gasteiger charge is 2.29. The van der Waals surface area contributed by atoms with Gasteiger partial charge in [-0.3, -0.25) is 4.90 Å². The van der Waals surface area contributed by atoms with E-state index in [1.165, 1.54) is 5.56 Å². The molecular weight excluding hydrogens is 224 g/mol. The molecule has 0 saturated carbocycles. The van der Waals surface area contributed by atoms with Gasteiger partial charge >= 0.3 is 0 Å². The molecule has 2 atom stereocenters. The Morgan fingerprint density at radius 1 is 1.44 bits per heavy atom. The molecule has 1 aromatic rings. The SMILES string of the molecule is CC(C)Oc1cccc(C2CC(CN)CN2C)c1. The maximum absolute atomic E-state index is 5.78. The molecule has 1 aliphatic heterocycles. The van der Waals surface area contributed by atoms with Gasteiger partial charge in [0.2, 0.25) is 0 Å². The third kappa shape index (κ3) is 3.03. The number of hydrogen-bond donors (Lipinski definition) is 1. The van der Waals surface area contributed by atoms with Crippen LogP contribution in [-0.2, 0) is 0 Å². The standard InChI is InChI=1S/C15H24N2O/c1-11(2)18-14-6-4-5-13(8-14)15-7-12(9-16)10-17(15)3/h4-6,8,11-12,15H,7,9-10,16H2,1-3H3. The first-order valence-corrected chi connectivity index (χ1v) is 6.77.